The second-order valence-electron chi connectivity index (χ2n) is 4.09. The van der Waals surface area contributed by atoms with Crippen molar-refractivity contribution in [3.63, 3.8) is 0 Å². The summed E-state index contributed by atoms with van der Waals surface area (Å²) in [6.45, 7) is 0.185. The highest BCUT2D eigenvalue weighted by Gasteiger charge is 2.21. The van der Waals surface area contributed by atoms with E-state index in [-0.39, 0.29) is 18.3 Å². The molecule has 7 heteroatoms. The molecule has 0 spiro atoms. The second kappa shape index (κ2) is 4.51. The topological polar surface area (TPSA) is 107 Å². The molecule has 0 bridgehead atoms. The number of phenols is 3. The number of rotatable bonds is 3. The third kappa shape index (κ3) is 2.57. The quantitative estimate of drug-likeness (QED) is 0.585. The molecule has 98 valence electrons. The van der Waals surface area contributed by atoms with Crippen LogP contribution in [0.15, 0.2) is 23.6 Å². The van der Waals surface area contributed by atoms with Crippen molar-refractivity contribution in [2.75, 3.05) is 5.75 Å². The maximum absolute atomic E-state index is 11.2. The minimum Gasteiger partial charge on any atom is -0.504 e. The molecule has 0 saturated heterocycles. The van der Waals surface area contributed by atoms with Gasteiger partial charge < -0.3 is 20.6 Å². The Balaban J connectivity index is 2.04. The van der Waals surface area contributed by atoms with Crippen LogP contribution in [0.5, 0.6) is 17.2 Å². The fourth-order valence-corrected chi connectivity index (χ4v) is 2.97. The molecular formula is C11H13NO5S. The van der Waals surface area contributed by atoms with Crippen molar-refractivity contribution >= 4 is 9.84 Å². The van der Waals surface area contributed by atoms with Gasteiger partial charge in [-0.15, -0.1) is 0 Å². The normalized spacial score (nSPS) is 21.2. The SMILES string of the molecule is O=S1(=O)C=CC(NCc2ccc(O)c(O)c2O)C1. The Morgan fingerprint density at radius 3 is 2.56 bits per heavy atom. The predicted molar refractivity (Wildman–Crippen MR) is 65.0 cm³/mol. The van der Waals surface area contributed by atoms with E-state index in [1.807, 2.05) is 0 Å². The number of hydrogen-bond acceptors (Lipinski definition) is 6. The third-order valence-corrected chi connectivity index (χ3v) is 4.09. The van der Waals surface area contributed by atoms with Crippen LogP contribution < -0.4 is 5.32 Å². The molecule has 1 aromatic rings. The van der Waals surface area contributed by atoms with Gasteiger partial charge in [0.1, 0.15) is 0 Å². The molecule has 1 unspecified atom stereocenters. The molecular weight excluding hydrogens is 258 g/mol. The minimum absolute atomic E-state index is 0.0160. The lowest BCUT2D eigenvalue weighted by atomic mass is 10.1. The van der Waals surface area contributed by atoms with Gasteiger partial charge in [-0.05, 0) is 6.07 Å². The van der Waals surface area contributed by atoms with Crippen molar-refractivity contribution in [3.8, 4) is 17.2 Å². The fraction of sp³-hybridized carbons (Fsp3) is 0.273. The van der Waals surface area contributed by atoms with Crippen LogP contribution in [0, 0.1) is 0 Å². The number of phenolic OH excluding ortho intramolecular Hbond substituents is 3. The number of sulfone groups is 1. The number of aromatic hydroxyl groups is 3. The summed E-state index contributed by atoms with van der Waals surface area (Å²) in [7, 11) is -3.12. The molecule has 1 atom stereocenters. The molecule has 1 aromatic carbocycles. The van der Waals surface area contributed by atoms with Crippen LogP contribution in [0.4, 0.5) is 0 Å². The molecule has 1 aliphatic rings. The van der Waals surface area contributed by atoms with Crippen molar-refractivity contribution in [1.82, 2.24) is 5.32 Å². The molecule has 1 aliphatic heterocycles. The predicted octanol–water partition coefficient (Wildman–Crippen LogP) is 0.204. The summed E-state index contributed by atoms with van der Waals surface area (Å²) in [5.41, 5.74) is 0.378. The zero-order valence-electron chi connectivity index (χ0n) is 9.37. The Labute approximate surface area is 104 Å². The van der Waals surface area contributed by atoms with E-state index in [2.05, 4.69) is 5.32 Å². The van der Waals surface area contributed by atoms with E-state index in [4.69, 9.17) is 5.11 Å². The van der Waals surface area contributed by atoms with Crippen molar-refractivity contribution in [2.45, 2.75) is 12.6 Å². The standard InChI is InChI=1S/C11H13NO5S/c13-9-2-1-7(10(14)11(9)15)5-12-8-3-4-18(16,17)6-8/h1-4,8,12-15H,5-6H2. The van der Waals surface area contributed by atoms with Crippen LogP contribution in [0.3, 0.4) is 0 Å². The van der Waals surface area contributed by atoms with E-state index in [1.165, 1.54) is 18.2 Å². The van der Waals surface area contributed by atoms with Gasteiger partial charge in [0.2, 0.25) is 5.75 Å². The summed E-state index contributed by atoms with van der Waals surface area (Å²) in [6.07, 6.45) is 1.53. The van der Waals surface area contributed by atoms with Crippen LogP contribution in [-0.2, 0) is 16.4 Å². The molecule has 0 amide bonds. The summed E-state index contributed by atoms with van der Waals surface area (Å²) in [6, 6.07) is 2.39. The van der Waals surface area contributed by atoms with Gasteiger partial charge in [0.25, 0.3) is 0 Å². The van der Waals surface area contributed by atoms with Crippen LogP contribution >= 0.6 is 0 Å². The van der Waals surface area contributed by atoms with Crippen molar-refractivity contribution in [1.29, 1.82) is 0 Å². The average molecular weight is 271 g/mol. The average Bonchev–Trinajstić information content (AvgIpc) is 2.65. The van der Waals surface area contributed by atoms with Gasteiger partial charge in [0, 0.05) is 23.6 Å². The molecule has 0 aromatic heterocycles. The molecule has 0 saturated carbocycles. The number of benzene rings is 1. The third-order valence-electron chi connectivity index (χ3n) is 2.70. The highest BCUT2D eigenvalue weighted by molar-refractivity contribution is 7.94. The lowest BCUT2D eigenvalue weighted by Crippen LogP contribution is -2.29. The van der Waals surface area contributed by atoms with E-state index < -0.39 is 27.1 Å². The smallest absolute Gasteiger partial charge is 0.200 e. The molecule has 0 fully saturated rings. The highest BCUT2D eigenvalue weighted by atomic mass is 32.2. The zero-order chi connectivity index (χ0) is 13.3. The Bertz CT molecular complexity index is 594. The van der Waals surface area contributed by atoms with Gasteiger partial charge in [0.15, 0.2) is 21.3 Å². The Kier molecular flexibility index (Phi) is 3.18. The van der Waals surface area contributed by atoms with Crippen molar-refractivity contribution in [2.24, 2.45) is 0 Å². The maximum atomic E-state index is 11.2. The molecule has 0 radical (unpaired) electrons. The molecule has 6 nitrogen and oxygen atoms in total. The first-order chi connectivity index (χ1) is 8.39. The summed E-state index contributed by atoms with van der Waals surface area (Å²) >= 11 is 0. The Morgan fingerprint density at radius 2 is 1.94 bits per heavy atom. The highest BCUT2D eigenvalue weighted by Crippen LogP contribution is 2.36. The monoisotopic (exact) mass is 271 g/mol. The summed E-state index contributed by atoms with van der Waals surface area (Å²) < 4.78 is 22.3. The van der Waals surface area contributed by atoms with Gasteiger partial charge in [-0.3, -0.25) is 0 Å². The lowest BCUT2D eigenvalue weighted by molar-refractivity contribution is 0.364. The number of hydrogen-bond donors (Lipinski definition) is 4. The molecule has 2 rings (SSSR count). The van der Waals surface area contributed by atoms with Crippen molar-refractivity contribution in [3.05, 3.63) is 29.2 Å². The fourth-order valence-electron chi connectivity index (χ4n) is 1.70. The minimum atomic E-state index is -3.12. The maximum Gasteiger partial charge on any atom is 0.200 e. The first-order valence-electron chi connectivity index (χ1n) is 5.26. The van der Waals surface area contributed by atoms with Gasteiger partial charge >= 0.3 is 0 Å². The van der Waals surface area contributed by atoms with E-state index in [0.717, 1.165) is 5.41 Å². The molecule has 4 N–H and O–H groups in total. The van der Waals surface area contributed by atoms with E-state index in [1.54, 1.807) is 0 Å². The first kappa shape index (κ1) is 12.7. The second-order valence-corrected chi connectivity index (χ2v) is 6.02. The molecule has 0 aliphatic carbocycles. The van der Waals surface area contributed by atoms with Crippen LogP contribution in [0.25, 0.3) is 0 Å². The Hall–Kier alpha value is -1.73. The van der Waals surface area contributed by atoms with E-state index in [9.17, 15) is 18.6 Å². The summed E-state index contributed by atoms with van der Waals surface area (Å²) in [5, 5.41) is 32.1. The van der Waals surface area contributed by atoms with E-state index >= 15 is 0 Å². The lowest BCUT2D eigenvalue weighted by Gasteiger charge is -2.12. The zero-order valence-corrected chi connectivity index (χ0v) is 10.2. The van der Waals surface area contributed by atoms with Crippen molar-refractivity contribution < 1.29 is 23.7 Å². The molecule has 18 heavy (non-hydrogen) atoms. The Morgan fingerprint density at radius 1 is 1.22 bits per heavy atom. The van der Waals surface area contributed by atoms with Crippen LogP contribution in [0.1, 0.15) is 5.56 Å². The van der Waals surface area contributed by atoms with Crippen LogP contribution in [-0.4, -0.2) is 35.5 Å². The number of nitrogens with one attached hydrogen (secondary N) is 1. The molecule has 1 heterocycles. The van der Waals surface area contributed by atoms with Gasteiger partial charge in [-0.25, -0.2) is 8.42 Å². The van der Waals surface area contributed by atoms with E-state index in [0.29, 0.717) is 5.56 Å². The van der Waals surface area contributed by atoms with Gasteiger partial charge in [0.05, 0.1) is 5.75 Å². The van der Waals surface area contributed by atoms with Gasteiger partial charge in [-0.2, -0.15) is 0 Å². The first-order valence-corrected chi connectivity index (χ1v) is 6.98. The summed E-state index contributed by atoms with van der Waals surface area (Å²) in [5.74, 6) is -1.41. The van der Waals surface area contributed by atoms with Gasteiger partial charge in [-0.1, -0.05) is 12.1 Å². The largest absolute Gasteiger partial charge is 0.504 e. The summed E-state index contributed by atoms with van der Waals surface area (Å²) in [4.78, 5) is 0. The van der Waals surface area contributed by atoms with Crippen LogP contribution in [0.2, 0.25) is 0 Å².